The first kappa shape index (κ1) is 14.8. The molecule has 20 heavy (non-hydrogen) atoms. The number of benzene rings is 1. The maximum Gasteiger partial charge on any atom is 0.214 e. The average molecular weight is 294 g/mol. The lowest BCUT2D eigenvalue weighted by atomic mass is 10.2. The van der Waals surface area contributed by atoms with Crippen molar-refractivity contribution in [3.63, 3.8) is 0 Å². The van der Waals surface area contributed by atoms with Crippen LogP contribution in [-0.2, 0) is 16.4 Å². The third-order valence-electron chi connectivity index (χ3n) is 3.53. The standard InChI is InChI=1S/C13H18N4O2S/c14-16-15-11-13-7-4-9-17(13)20(18,19)10-8-12-5-2-1-3-6-12/h1-3,5-6,13H,4,7-11H2. The fourth-order valence-corrected chi connectivity index (χ4v) is 4.26. The number of rotatable bonds is 6. The monoisotopic (exact) mass is 294 g/mol. The van der Waals surface area contributed by atoms with Crippen LogP contribution in [0.1, 0.15) is 18.4 Å². The molecule has 0 N–H and O–H groups in total. The highest BCUT2D eigenvalue weighted by Gasteiger charge is 2.33. The van der Waals surface area contributed by atoms with Gasteiger partial charge in [0.25, 0.3) is 0 Å². The molecule has 1 aliphatic rings. The predicted octanol–water partition coefficient (Wildman–Crippen LogP) is 2.33. The van der Waals surface area contributed by atoms with E-state index in [9.17, 15) is 8.42 Å². The van der Waals surface area contributed by atoms with Crippen molar-refractivity contribution < 1.29 is 8.42 Å². The van der Waals surface area contributed by atoms with Crippen LogP contribution in [0, 0.1) is 0 Å². The van der Waals surface area contributed by atoms with E-state index in [1.807, 2.05) is 30.3 Å². The smallest absolute Gasteiger partial charge is 0.212 e. The summed E-state index contributed by atoms with van der Waals surface area (Å²) in [6, 6.07) is 9.40. The van der Waals surface area contributed by atoms with Crippen LogP contribution in [-0.4, -0.2) is 37.6 Å². The van der Waals surface area contributed by atoms with Crippen LogP contribution in [0.3, 0.4) is 0 Å². The number of sulfonamides is 1. The molecular weight excluding hydrogens is 276 g/mol. The number of nitrogens with zero attached hydrogens (tertiary/aromatic N) is 4. The third-order valence-corrected chi connectivity index (χ3v) is 5.44. The summed E-state index contributed by atoms with van der Waals surface area (Å²) < 4.78 is 26.2. The third kappa shape index (κ3) is 3.72. The summed E-state index contributed by atoms with van der Waals surface area (Å²) in [7, 11) is -3.29. The van der Waals surface area contributed by atoms with Crippen LogP contribution in [0.4, 0.5) is 0 Å². The van der Waals surface area contributed by atoms with Gasteiger partial charge in [-0.25, -0.2) is 8.42 Å². The fourth-order valence-electron chi connectivity index (χ4n) is 2.50. The molecule has 7 heteroatoms. The summed E-state index contributed by atoms with van der Waals surface area (Å²) in [5.74, 6) is 0.101. The van der Waals surface area contributed by atoms with Crippen LogP contribution in [0.15, 0.2) is 35.4 Å². The van der Waals surface area contributed by atoms with Crippen molar-refractivity contribution >= 4 is 10.0 Å². The van der Waals surface area contributed by atoms with Crippen LogP contribution in [0.2, 0.25) is 0 Å². The van der Waals surface area contributed by atoms with E-state index in [1.54, 1.807) is 0 Å². The lowest BCUT2D eigenvalue weighted by Crippen LogP contribution is -2.39. The quantitative estimate of drug-likeness (QED) is 0.458. The molecule has 0 spiro atoms. The molecule has 0 saturated carbocycles. The molecular formula is C13H18N4O2S. The number of hydrogen-bond acceptors (Lipinski definition) is 3. The van der Waals surface area contributed by atoms with Crippen LogP contribution in [0.5, 0.6) is 0 Å². The molecule has 1 heterocycles. The molecule has 0 radical (unpaired) electrons. The van der Waals surface area contributed by atoms with Crippen molar-refractivity contribution in [1.82, 2.24) is 4.31 Å². The number of hydrogen-bond donors (Lipinski definition) is 0. The first-order valence-electron chi connectivity index (χ1n) is 6.68. The van der Waals surface area contributed by atoms with E-state index < -0.39 is 10.0 Å². The van der Waals surface area contributed by atoms with E-state index in [0.717, 1.165) is 18.4 Å². The molecule has 0 aromatic heterocycles. The molecule has 1 aromatic carbocycles. The molecule has 0 bridgehead atoms. The first-order chi connectivity index (χ1) is 9.63. The zero-order valence-electron chi connectivity index (χ0n) is 11.2. The van der Waals surface area contributed by atoms with Crippen LogP contribution < -0.4 is 0 Å². The van der Waals surface area contributed by atoms with Gasteiger partial charge < -0.3 is 0 Å². The summed E-state index contributed by atoms with van der Waals surface area (Å²) in [5, 5.41) is 3.51. The predicted molar refractivity (Wildman–Crippen MR) is 77.7 cm³/mol. The Balaban J connectivity index is 2.00. The Hall–Kier alpha value is -1.56. The van der Waals surface area contributed by atoms with E-state index in [4.69, 9.17) is 5.53 Å². The Labute approximate surface area is 119 Å². The largest absolute Gasteiger partial charge is 0.214 e. The van der Waals surface area contributed by atoms with E-state index >= 15 is 0 Å². The highest BCUT2D eigenvalue weighted by atomic mass is 32.2. The highest BCUT2D eigenvalue weighted by molar-refractivity contribution is 7.89. The molecule has 2 rings (SSSR count). The molecule has 1 aliphatic heterocycles. The summed E-state index contributed by atoms with van der Waals surface area (Å²) in [6.45, 7) is 0.754. The number of aryl methyl sites for hydroxylation is 1. The van der Waals surface area contributed by atoms with E-state index in [-0.39, 0.29) is 18.3 Å². The Kier molecular flexibility index (Phi) is 5.00. The molecule has 1 atom stereocenters. The Morgan fingerprint density at radius 1 is 1.35 bits per heavy atom. The van der Waals surface area contributed by atoms with Crippen molar-refractivity contribution in [2.45, 2.75) is 25.3 Å². The fraction of sp³-hybridized carbons (Fsp3) is 0.538. The minimum Gasteiger partial charge on any atom is -0.212 e. The van der Waals surface area contributed by atoms with Crippen molar-refractivity contribution in [2.24, 2.45) is 5.11 Å². The Morgan fingerprint density at radius 2 is 2.10 bits per heavy atom. The zero-order chi connectivity index (χ0) is 14.4. The van der Waals surface area contributed by atoms with Gasteiger partial charge in [0, 0.05) is 24.0 Å². The molecule has 1 aromatic rings. The second kappa shape index (κ2) is 6.74. The number of azide groups is 1. The van der Waals surface area contributed by atoms with Crippen molar-refractivity contribution in [2.75, 3.05) is 18.8 Å². The van der Waals surface area contributed by atoms with Gasteiger partial charge in [0.15, 0.2) is 0 Å². The second-order valence-corrected chi connectivity index (χ2v) is 6.91. The van der Waals surface area contributed by atoms with E-state index in [1.165, 1.54) is 4.31 Å². The van der Waals surface area contributed by atoms with Gasteiger partial charge in [-0.05, 0) is 30.4 Å². The maximum absolute atomic E-state index is 12.4. The normalized spacial score (nSPS) is 19.7. The molecule has 108 valence electrons. The van der Waals surface area contributed by atoms with Gasteiger partial charge in [-0.2, -0.15) is 4.31 Å². The van der Waals surface area contributed by atoms with Gasteiger partial charge in [-0.15, -0.1) is 0 Å². The van der Waals surface area contributed by atoms with Crippen molar-refractivity contribution in [3.05, 3.63) is 46.3 Å². The Bertz CT molecular complexity index is 582. The maximum atomic E-state index is 12.4. The van der Waals surface area contributed by atoms with Crippen LogP contribution in [0.25, 0.3) is 10.4 Å². The molecule has 6 nitrogen and oxygen atoms in total. The van der Waals surface area contributed by atoms with E-state index in [0.29, 0.717) is 13.0 Å². The van der Waals surface area contributed by atoms with Gasteiger partial charge in [0.05, 0.1) is 5.75 Å². The lowest BCUT2D eigenvalue weighted by Gasteiger charge is -2.22. The van der Waals surface area contributed by atoms with Gasteiger partial charge >= 0.3 is 0 Å². The van der Waals surface area contributed by atoms with Gasteiger partial charge in [-0.3, -0.25) is 0 Å². The molecule has 1 unspecified atom stereocenters. The van der Waals surface area contributed by atoms with Gasteiger partial charge in [0.1, 0.15) is 0 Å². The van der Waals surface area contributed by atoms with Gasteiger partial charge in [0.2, 0.25) is 10.0 Å². The molecule has 0 amide bonds. The average Bonchev–Trinajstić information content (AvgIpc) is 2.93. The second-order valence-electron chi connectivity index (χ2n) is 4.87. The topological polar surface area (TPSA) is 86.1 Å². The minimum absolute atomic E-state index is 0.101. The van der Waals surface area contributed by atoms with E-state index in [2.05, 4.69) is 10.0 Å². The molecule has 1 fully saturated rings. The van der Waals surface area contributed by atoms with Crippen molar-refractivity contribution in [1.29, 1.82) is 0 Å². The first-order valence-corrected chi connectivity index (χ1v) is 8.29. The zero-order valence-corrected chi connectivity index (χ0v) is 12.0. The summed E-state index contributed by atoms with van der Waals surface area (Å²) in [6.07, 6.45) is 2.10. The minimum atomic E-state index is -3.29. The summed E-state index contributed by atoms with van der Waals surface area (Å²) in [4.78, 5) is 2.71. The highest BCUT2D eigenvalue weighted by Crippen LogP contribution is 2.22. The lowest BCUT2D eigenvalue weighted by molar-refractivity contribution is 0.393. The summed E-state index contributed by atoms with van der Waals surface area (Å²) in [5.41, 5.74) is 9.37. The van der Waals surface area contributed by atoms with Gasteiger partial charge in [-0.1, -0.05) is 35.4 Å². The molecule has 1 saturated heterocycles. The summed E-state index contributed by atoms with van der Waals surface area (Å²) >= 11 is 0. The Morgan fingerprint density at radius 3 is 2.80 bits per heavy atom. The SMILES string of the molecule is [N-]=[N+]=NCC1CCCN1S(=O)(=O)CCc1ccccc1. The van der Waals surface area contributed by atoms with Crippen molar-refractivity contribution in [3.8, 4) is 0 Å². The molecule has 0 aliphatic carbocycles. The van der Waals surface area contributed by atoms with Crippen LogP contribution >= 0.6 is 0 Å².